The Bertz CT molecular complexity index is 1000. The molecule has 0 radical (unpaired) electrons. The van der Waals surface area contributed by atoms with Gasteiger partial charge in [-0.2, -0.15) is 0 Å². The average Bonchev–Trinajstić information content (AvgIpc) is 3.21. The van der Waals surface area contributed by atoms with Gasteiger partial charge in [0.15, 0.2) is 0 Å². The number of amides is 2. The van der Waals surface area contributed by atoms with Crippen LogP contribution in [0.3, 0.4) is 0 Å². The summed E-state index contributed by atoms with van der Waals surface area (Å²) in [5, 5.41) is 2.96. The largest absolute Gasteiger partial charge is 0.352 e. The van der Waals surface area contributed by atoms with Crippen LogP contribution >= 0.6 is 0 Å². The van der Waals surface area contributed by atoms with Gasteiger partial charge in [0.05, 0.1) is 17.4 Å². The van der Waals surface area contributed by atoms with Crippen molar-refractivity contribution in [2.45, 2.75) is 59.0 Å². The second-order valence-electron chi connectivity index (χ2n) is 8.19. The normalized spacial score (nSPS) is 10.9. The Morgan fingerprint density at radius 1 is 0.938 bits per heavy atom. The minimum atomic E-state index is -0.00991. The number of fused-ring (bicyclic) bond motifs is 1. The van der Waals surface area contributed by atoms with E-state index in [9.17, 15) is 9.59 Å². The molecular formula is C26H34N4O2. The lowest BCUT2D eigenvalue weighted by Gasteiger charge is -2.21. The molecule has 6 nitrogen and oxygen atoms in total. The smallest absolute Gasteiger partial charge is 0.222 e. The van der Waals surface area contributed by atoms with Gasteiger partial charge in [0, 0.05) is 39.0 Å². The lowest BCUT2D eigenvalue weighted by molar-refractivity contribution is -0.131. The molecule has 0 saturated heterocycles. The summed E-state index contributed by atoms with van der Waals surface area (Å²) < 4.78 is 2.13. The summed E-state index contributed by atoms with van der Waals surface area (Å²) in [5.41, 5.74) is 4.36. The minimum absolute atomic E-state index is 0.00991. The van der Waals surface area contributed by atoms with E-state index < -0.39 is 0 Å². The molecule has 0 spiro atoms. The molecule has 0 bridgehead atoms. The van der Waals surface area contributed by atoms with Crippen molar-refractivity contribution in [2.24, 2.45) is 0 Å². The quantitative estimate of drug-likeness (QED) is 0.456. The van der Waals surface area contributed by atoms with Gasteiger partial charge in [-0.05, 0) is 42.5 Å². The van der Waals surface area contributed by atoms with E-state index in [1.54, 1.807) is 0 Å². The number of hydrogen-bond acceptors (Lipinski definition) is 3. The molecule has 2 aromatic carbocycles. The molecule has 170 valence electrons. The Labute approximate surface area is 190 Å². The summed E-state index contributed by atoms with van der Waals surface area (Å²) >= 11 is 0. The maximum absolute atomic E-state index is 12.3. The highest BCUT2D eigenvalue weighted by Gasteiger charge is 2.12. The van der Waals surface area contributed by atoms with Crippen LogP contribution in [0.2, 0.25) is 0 Å². The molecule has 0 aliphatic rings. The number of hydrogen-bond donors (Lipinski definition) is 1. The van der Waals surface area contributed by atoms with E-state index in [1.165, 1.54) is 5.56 Å². The first-order chi connectivity index (χ1) is 15.6. The first kappa shape index (κ1) is 23.5. The lowest BCUT2D eigenvalue weighted by atomic mass is 10.1. The van der Waals surface area contributed by atoms with Gasteiger partial charge in [0.2, 0.25) is 11.8 Å². The molecule has 32 heavy (non-hydrogen) atoms. The second kappa shape index (κ2) is 12.0. The number of nitrogens with one attached hydrogen (secondary N) is 1. The summed E-state index contributed by atoms with van der Waals surface area (Å²) in [5.74, 6) is 0.145. The van der Waals surface area contributed by atoms with Gasteiger partial charge < -0.3 is 14.8 Å². The molecule has 0 fully saturated rings. The fraction of sp³-hybridized carbons (Fsp3) is 0.423. The highest BCUT2D eigenvalue weighted by atomic mass is 16.2. The van der Waals surface area contributed by atoms with Crippen LogP contribution < -0.4 is 5.32 Å². The minimum Gasteiger partial charge on any atom is -0.352 e. The molecule has 0 unspecified atom stereocenters. The second-order valence-corrected chi connectivity index (χ2v) is 8.19. The number of imidazole rings is 1. The van der Waals surface area contributed by atoms with E-state index in [4.69, 9.17) is 0 Å². The van der Waals surface area contributed by atoms with Crippen molar-refractivity contribution in [3.05, 3.63) is 66.0 Å². The SMILES string of the molecule is CCCN(CCC)C(=O)CCCC(=O)NCc1ccc(Cn2cnc3ccccc32)cc1. The number of carbonyl (C=O) groups excluding carboxylic acids is 2. The van der Waals surface area contributed by atoms with Crippen LogP contribution in [0.15, 0.2) is 54.9 Å². The number of para-hydroxylation sites is 2. The summed E-state index contributed by atoms with van der Waals surface area (Å²) in [6.45, 7) is 7.01. The van der Waals surface area contributed by atoms with Crippen LogP contribution in [-0.2, 0) is 22.7 Å². The molecule has 1 N–H and O–H groups in total. The third kappa shape index (κ3) is 6.67. The van der Waals surface area contributed by atoms with Crippen LogP contribution in [-0.4, -0.2) is 39.4 Å². The van der Waals surface area contributed by atoms with E-state index in [1.807, 2.05) is 41.6 Å². The molecule has 3 rings (SSSR count). The fourth-order valence-corrected chi connectivity index (χ4v) is 3.84. The predicted molar refractivity (Wildman–Crippen MR) is 128 cm³/mol. The zero-order valence-corrected chi connectivity index (χ0v) is 19.2. The first-order valence-electron chi connectivity index (χ1n) is 11.6. The molecule has 0 aliphatic carbocycles. The van der Waals surface area contributed by atoms with Gasteiger partial charge in [-0.25, -0.2) is 4.98 Å². The summed E-state index contributed by atoms with van der Waals surface area (Å²) in [6, 6.07) is 16.4. The zero-order chi connectivity index (χ0) is 22.8. The van der Waals surface area contributed by atoms with Gasteiger partial charge in [0.1, 0.15) is 0 Å². The zero-order valence-electron chi connectivity index (χ0n) is 19.2. The van der Waals surface area contributed by atoms with E-state index in [-0.39, 0.29) is 11.8 Å². The van der Waals surface area contributed by atoms with E-state index >= 15 is 0 Å². The van der Waals surface area contributed by atoms with Gasteiger partial charge in [0.25, 0.3) is 0 Å². The van der Waals surface area contributed by atoms with Crippen molar-refractivity contribution >= 4 is 22.8 Å². The molecule has 0 aliphatic heterocycles. The summed E-state index contributed by atoms with van der Waals surface area (Å²) in [7, 11) is 0. The van der Waals surface area contributed by atoms with Crippen molar-refractivity contribution in [3.8, 4) is 0 Å². The molecule has 6 heteroatoms. The Morgan fingerprint density at radius 3 is 2.34 bits per heavy atom. The van der Waals surface area contributed by atoms with Crippen LogP contribution in [0.1, 0.15) is 57.1 Å². The molecule has 1 heterocycles. The van der Waals surface area contributed by atoms with Gasteiger partial charge in [-0.15, -0.1) is 0 Å². The van der Waals surface area contributed by atoms with Crippen molar-refractivity contribution in [3.63, 3.8) is 0 Å². The molecule has 0 atom stereocenters. The van der Waals surface area contributed by atoms with E-state index in [2.05, 4.69) is 46.9 Å². The Kier molecular flexibility index (Phi) is 8.84. The molecule has 3 aromatic rings. The predicted octanol–water partition coefficient (Wildman–Crippen LogP) is 4.52. The van der Waals surface area contributed by atoms with Crippen molar-refractivity contribution < 1.29 is 9.59 Å². The van der Waals surface area contributed by atoms with E-state index in [0.29, 0.717) is 25.8 Å². The fourth-order valence-electron chi connectivity index (χ4n) is 3.84. The van der Waals surface area contributed by atoms with Crippen molar-refractivity contribution in [2.75, 3.05) is 13.1 Å². The maximum Gasteiger partial charge on any atom is 0.222 e. The summed E-state index contributed by atoms with van der Waals surface area (Å²) in [6.07, 6.45) is 5.20. The number of benzene rings is 2. The molecule has 1 aromatic heterocycles. The lowest BCUT2D eigenvalue weighted by Crippen LogP contribution is -2.32. The molecule has 0 saturated carbocycles. The van der Waals surface area contributed by atoms with Crippen molar-refractivity contribution in [1.29, 1.82) is 0 Å². The summed E-state index contributed by atoms with van der Waals surface area (Å²) in [4.78, 5) is 30.8. The monoisotopic (exact) mass is 434 g/mol. The van der Waals surface area contributed by atoms with Crippen LogP contribution in [0.5, 0.6) is 0 Å². The van der Waals surface area contributed by atoms with Gasteiger partial charge >= 0.3 is 0 Å². The number of nitrogens with zero attached hydrogens (tertiary/aromatic N) is 3. The molecular weight excluding hydrogens is 400 g/mol. The number of carbonyl (C=O) groups is 2. The van der Waals surface area contributed by atoms with Crippen LogP contribution in [0.4, 0.5) is 0 Å². The highest BCUT2D eigenvalue weighted by Crippen LogP contribution is 2.14. The Hall–Kier alpha value is -3.15. The Balaban J connectivity index is 1.41. The van der Waals surface area contributed by atoms with Crippen molar-refractivity contribution in [1.82, 2.24) is 19.8 Å². The van der Waals surface area contributed by atoms with E-state index in [0.717, 1.165) is 49.1 Å². The third-order valence-corrected chi connectivity index (χ3v) is 5.53. The highest BCUT2D eigenvalue weighted by molar-refractivity contribution is 5.79. The first-order valence-corrected chi connectivity index (χ1v) is 11.6. The van der Waals surface area contributed by atoms with Crippen LogP contribution in [0, 0.1) is 0 Å². The Morgan fingerprint density at radius 2 is 1.62 bits per heavy atom. The topological polar surface area (TPSA) is 67.2 Å². The standard InChI is InChI=1S/C26H34N4O2/c1-3-16-29(17-4-2)26(32)11-7-10-25(31)27-18-21-12-14-22(15-13-21)19-30-20-28-23-8-5-6-9-24(23)30/h5-6,8-9,12-15,20H,3-4,7,10-11,16-19H2,1-2H3,(H,27,31). The third-order valence-electron chi connectivity index (χ3n) is 5.53. The number of aromatic nitrogens is 2. The van der Waals surface area contributed by atoms with Gasteiger partial charge in [-0.3, -0.25) is 9.59 Å². The van der Waals surface area contributed by atoms with Gasteiger partial charge in [-0.1, -0.05) is 50.2 Å². The molecule has 2 amide bonds. The number of rotatable bonds is 12. The maximum atomic E-state index is 12.3. The average molecular weight is 435 g/mol. The van der Waals surface area contributed by atoms with Crippen LogP contribution in [0.25, 0.3) is 11.0 Å².